The van der Waals surface area contributed by atoms with Gasteiger partial charge in [-0.3, -0.25) is 14.4 Å². The molecule has 0 bridgehead atoms. The van der Waals surface area contributed by atoms with Crippen LogP contribution < -0.4 is 0 Å². The molecule has 1 aliphatic carbocycles. The lowest BCUT2D eigenvalue weighted by Crippen LogP contribution is -2.53. The smallest absolute Gasteiger partial charge is 0.312 e. The van der Waals surface area contributed by atoms with Crippen molar-refractivity contribution in [3.63, 3.8) is 0 Å². The number of amides is 1. The van der Waals surface area contributed by atoms with Gasteiger partial charge in [0, 0.05) is 19.0 Å². The number of carbonyl (C=O) groups excluding carboxylic acids is 2. The molecular weight excluding hydrogens is 378 g/mol. The van der Waals surface area contributed by atoms with Gasteiger partial charge in [0.25, 0.3) is 11.7 Å². The molecule has 1 aromatic rings. The maximum absolute atomic E-state index is 12.4. The number of methoxy groups -OCH3 is 1. The Balaban J connectivity index is 1.54. The summed E-state index contributed by atoms with van der Waals surface area (Å²) in [6, 6.07) is 0. The van der Waals surface area contributed by atoms with E-state index in [1.807, 2.05) is 0 Å². The molecule has 1 saturated carbocycles. The fraction of sp³-hybridized carbons (Fsp3) is 0.750. The van der Waals surface area contributed by atoms with Crippen molar-refractivity contribution in [1.29, 1.82) is 0 Å². The molecular formula is C20H29N3O6. The molecule has 2 aliphatic rings. The maximum atomic E-state index is 12.4. The van der Waals surface area contributed by atoms with Crippen molar-refractivity contribution < 1.29 is 28.8 Å². The Hall–Kier alpha value is -2.45. The lowest BCUT2D eigenvalue weighted by Gasteiger charge is -2.36. The van der Waals surface area contributed by atoms with Gasteiger partial charge in [-0.1, -0.05) is 50.1 Å². The molecule has 160 valence electrons. The van der Waals surface area contributed by atoms with Crippen LogP contribution in [0.2, 0.25) is 0 Å². The highest BCUT2D eigenvalue weighted by Crippen LogP contribution is 2.31. The number of likely N-dealkylation sites (tertiary alicyclic amines) is 1. The van der Waals surface area contributed by atoms with Crippen molar-refractivity contribution in [2.75, 3.05) is 20.2 Å². The maximum Gasteiger partial charge on any atom is 0.312 e. The summed E-state index contributed by atoms with van der Waals surface area (Å²) in [6.45, 7) is 0.518. The summed E-state index contributed by atoms with van der Waals surface area (Å²) >= 11 is 0. The SMILES string of the molecule is COC(=O)C1CN(C(=O)c2noc([C@H](CCCC3CCCCC3)CC(=O)O)n2)C1. The summed E-state index contributed by atoms with van der Waals surface area (Å²) in [7, 11) is 1.31. The van der Waals surface area contributed by atoms with Crippen LogP contribution in [-0.4, -0.2) is 58.2 Å². The van der Waals surface area contributed by atoms with Crippen LogP contribution in [0.15, 0.2) is 4.52 Å². The first-order valence-corrected chi connectivity index (χ1v) is 10.4. The van der Waals surface area contributed by atoms with Crippen molar-refractivity contribution >= 4 is 17.8 Å². The van der Waals surface area contributed by atoms with Gasteiger partial charge in [0.2, 0.25) is 5.89 Å². The number of hydrogen-bond acceptors (Lipinski definition) is 7. The number of carbonyl (C=O) groups is 3. The van der Waals surface area contributed by atoms with E-state index in [9.17, 15) is 19.5 Å². The van der Waals surface area contributed by atoms with Crippen LogP contribution in [0.25, 0.3) is 0 Å². The van der Waals surface area contributed by atoms with Gasteiger partial charge in [-0.2, -0.15) is 4.98 Å². The molecule has 0 aromatic carbocycles. The molecule has 1 atom stereocenters. The third kappa shape index (κ3) is 5.55. The minimum absolute atomic E-state index is 0.0917. The predicted molar refractivity (Wildman–Crippen MR) is 101 cm³/mol. The monoisotopic (exact) mass is 407 g/mol. The Kier molecular flexibility index (Phi) is 7.22. The molecule has 1 aliphatic heterocycles. The van der Waals surface area contributed by atoms with Crippen LogP contribution >= 0.6 is 0 Å². The van der Waals surface area contributed by atoms with Gasteiger partial charge >= 0.3 is 11.9 Å². The van der Waals surface area contributed by atoms with Crippen LogP contribution in [-0.2, 0) is 14.3 Å². The highest BCUT2D eigenvalue weighted by Gasteiger charge is 2.38. The third-order valence-electron chi connectivity index (χ3n) is 6.00. The number of aliphatic carboxylic acids is 1. The van der Waals surface area contributed by atoms with E-state index in [0.717, 1.165) is 18.8 Å². The lowest BCUT2D eigenvalue weighted by atomic mass is 9.84. The van der Waals surface area contributed by atoms with Gasteiger partial charge in [0.1, 0.15) is 0 Å². The predicted octanol–water partition coefficient (Wildman–Crippen LogP) is 2.62. The first kappa shape index (κ1) is 21.3. The van der Waals surface area contributed by atoms with Crippen molar-refractivity contribution in [2.45, 2.75) is 63.7 Å². The average Bonchev–Trinajstić information content (AvgIpc) is 3.16. The Morgan fingerprint density at radius 1 is 1.24 bits per heavy atom. The fourth-order valence-corrected chi connectivity index (χ4v) is 4.24. The van der Waals surface area contributed by atoms with Crippen LogP contribution in [0.4, 0.5) is 0 Å². The van der Waals surface area contributed by atoms with Gasteiger partial charge < -0.3 is 19.3 Å². The van der Waals surface area contributed by atoms with Crippen molar-refractivity contribution in [3.05, 3.63) is 11.7 Å². The number of carboxylic acid groups (broad SMARTS) is 1. The summed E-state index contributed by atoms with van der Waals surface area (Å²) in [5, 5.41) is 13.0. The van der Waals surface area contributed by atoms with Crippen LogP contribution in [0.1, 0.15) is 80.2 Å². The van der Waals surface area contributed by atoms with Gasteiger partial charge in [0.15, 0.2) is 0 Å². The van der Waals surface area contributed by atoms with E-state index in [1.54, 1.807) is 0 Å². The van der Waals surface area contributed by atoms with Gasteiger partial charge in [-0.25, -0.2) is 0 Å². The van der Waals surface area contributed by atoms with Gasteiger partial charge in [-0.05, 0) is 12.3 Å². The second kappa shape index (κ2) is 9.84. The number of nitrogens with zero attached hydrogens (tertiary/aromatic N) is 3. The highest BCUT2D eigenvalue weighted by molar-refractivity contribution is 5.92. The number of ether oxygens (including phenoxy) is 1. The second-order valence-corrected chi connectivity index (χ2v) is 8.12. The summed E-state index contributed by atoms with van der Waals surface area (Å²) in [4.78, 5) is 40.8. The van der Waals surface area contributed by atoms with E-state index in [-0.39, 0.29) is 43.1 Å². The zero-order valence-corrected chi connectivity index (χ0v) is 16.8. The van der Waals surface area contributed by atoms with Crippen LogP contribution in [0.3, 0.4) is 0 Å². The zero-order chi connectivity index (χ0) is 20.8. The minimum atomic E-state index is -0.928. The summed E-state index contributed by atoms with van der Waals surface area (Å²) in [5.41, 5.74) is 0. The van der Waals surface area contributed by atoms with Crippen LogP contribution in [0.5, 0.6) is 0 Å². The molecule has 0 radical (unpaired) electrons. The normalized spacial score (nSPS) is 18.9. The Morgan fingerprint density at radius 2 is 1.97 bits per heavy atom. The lowest BCUT2D eigenvalue weighted by molar-refractivity contribution is -0.150. The van der Waals surface area contributed by atoms with E-state index >= 15 is 0 Å². The van der Waals surface area contributed by atoms with E-state index < -0.39 is 17.8 Å². The zero-order valence-electron chi connectivity index (χ0n) is 16.8. The van der Waals surface area contributed by atoms with E-state index in [4.69, 9.17) is 4.52 Å². The quantitative estimate of drug-likeness (QED) is 0.620. The number of aromatic nitrogens is 2. The van der Waals surface area contributed by atoms with Crippen molar-refractivity contribution in [2.24, 2.45) is 11.8 Å². The largest absolute Gasteiger partial charge is 0.481 e. The standard InChI is InChI=1S/C20H29N3O6/c1-28-20(27)15-11-23(12-15)19(26)17-21-18(29-22-17)14(10-16(24)25)9-5-8-13-6-3-2-4-7-13/h13-15H,2-12H2,1H3,(H,24,25)/t14-/m1/s1. The molecule has 3 rings (SSSR count). The molecule has 29 heavy (non-hydrogen) atoms. The van der Waals surface area contributed by atoms with E-state index in [1.165, 1.54) is 44.1 Å². The van der Waals surface area contributed by atoms with Crippen LogP contribution in [0, 0.1) is 11.8 Å². The topological polar surface area (TPSA) is 123 Å². The Labute approximate surface area is 169 Å². The summed E-state index contributed by atoms with van der Waals surface area (Å²) in [6.07, 6.45) is 8.92. The average molecular weight is 407 g/mol. The second-order valence-electron chi connectivity index (χ2n) is 8.12. The number of rotatable bonds is 9. The minimum Gasteiger partial charge on any atom is -0.481 e. The Bertz CT molecular complexity index is 722. The van der Waals surface area contributed by atoms with Crippen molar-refractivity contribution in [1.82, 2.24) is 15.0 Å². The van der Waals surface area contributed by atoms with E-state index in [2.05, 4.69) is 14.9 Å². The third-order valence-corrected chi connectivity index (χ3v) is 6.00. The molecule has 0 unspecified atom stereocenters. The molecule has 2 fully saturated rings. The molecule has 1 N–H and O–H groups in total. The summed E-state index contributed by atoms with van der Waals surface area (Å²) in [5.74, 6) is -1.58. The molecule has 2 heterocycles. The van der Waals surface area contributed by atoms with E-state index in [0.29, 0.717) is 6.42 Å². The first-order valence-electron chi connectivity index (χ1n) is 10.4. The molecule has 9 heteroatoms. The first-order chi connectivity index (χ1) is 14.0. The molecule has 1 amide bonds. The molecule has 1 aromatic heterocycles. The fourth-order valence-electron chi connectivity index (χ4n) is 4.24. The van der Waals surface area contributed by atoms with Gasteiger partial charge in [0.05, 0.1) is 19.4 Å². The molecule has 1 saturated heterocycles. The highest BCUT2D eigenvalue weighted by atomic mass is 16.5. The Morgan fingerprint density at radius 3 is 2.62 bits per heavy atom. The summed E-state index contributed by atoms with van der Waals surface area (Å²) < 4.78 is 9.90. The number of esters is 1. The van der Waals surface area contributed by atoms with Gasteiger partial charge in [-0.15, -0.1) is 0 Å². The molecule has 9 nitrogen and oxygen atoms in total. The molecule has 0 spiro atoms. The number of hydrogen-bond donors (Lipinski definition) is 1. The number of carboxylic acids is 1. The van der Waals surface area contributed by atoms with Crippen molar-refractivity contribution in [3.8, 4) is 0 Å².